The minimum Gasteiger partial charge on any atom is -0.310 e. The smallest absolute Gasteiger partial charge is 0.274 e. The van der Waals surface area contributed by atoms with Crippen LogP contribution < -0.4 is 15.2 Å². The first-order valence-corrected chi connectivity index (χ1v) is 5.99. The summed E-state index contributed by atoms with van der Waals surface area (Å²) < 4.78 is 23.9. The average molecular weight is 207 g/mol. The van der Waals surface area contributed by atoms with E-state index >= 15 is 0 Å². The Balaban J connectivity index is 2.52. The van der Waals surface area contributed by atoms with Crippen molar-refractivity contribution in [2.45, 2.75) is 44.8 Å². The van der Waals surface area contributed by atoms with Gasteiger partial charge in [-0.2, -0.15) is 13.1 Å². The summed E-state index contributed by atoms with van der Waals surface area (Å²) in [7, 11) is -3.56. The molecule has 4 N–H and O–H groups in total. The van der Waals surface area contributed by atoms with Gasteiger partial charge in [0.25, 0.3) is 10.2 Å². The van der Waals surface area contributed by atoms with Gasteiger partial charge in [-0.1, -0.05) is 0 Å². The highest BCUT2D eigenvalue weighted by molar-refractivity contribution is 7.87. The van der Waals surface area contributed by atoms with E-state index in [1.165, 1.54) is 0 Å². The Morgan fingerprint density at radius 3 is 2.46 bits per heavy atom. The highest BCUT2D eigenvalue weighted by Crippen LogP contribution is 2.13. The molecule has 0 bridgehead atoms. The van der Waals surface area contributed by atoms with Crippen molar-refractivity contribution in [2.75, 3.05) is 0 Å². The fourth-order valence-electron chi connectivity index (χ4n) is 1.70. The lowest BCUT2D eigenvalue weighted by molar-refractivity contribution is 0.297. The normalized spacial score (nSPS) is 36.1. The largest absolute Gasteiger partial charge is 0.310 e. The lowest BCUT2D eigenvalue weighted by Gasteiger charge is -2.33. The van der Waals surface area contributed by atoms with Crippen LogP contribution in [-0.4, -0.2) is 26.5 Å². The zero-order chi connectivity index (χ0) is 10.1. The lowest BCUT2D eigenvalue weighted by Crippen LogP contribution is -2.55. The first kappa shape index (κ1) is 10.9. The van der Waals surface area contributed by atoms with Crippen molar-refractivity contribution in [3.05, 3.63) is 0 Å². The molecule has 5 nitrogen and oxygen atoms in total. The van der Waals surface area contributed by atoms with Crippen LogP contribution in [0.1, 0.15) is 26.7 Å². The number of piperidine rings is 1. The van der Waals surface area contributed by atoms with E-state index in [4.69, 9.17) is 5.14 Å². The van der Waals surface area contributed by atoms with Crippen molar-refractivity contribution in [1.82, 2.24) is 10.0 Å². The Labute approximate surface area is 79.3 Å². The van der Waals surface area contributed by atoms with Gasteiger partial charge in [-0.05, 0) is 26.7 Å². The van der Waals surface area contributed by atoms with Crippen molar-refractivity contribution < 1.29 is 8.42 Å². The van der Waals surface area contributed by atoms with Crippen LogP contribution in [-0.2, 0) is 10.2 Å². The predicted octanol–water partition coefficient (Wildman–Crippen LogP) is -0.691. The molecule has 1 aliphatic rings. The van der Waals surface area contributed by atoms with Gasteiger partial charge in [0.1, 0.15) is 0 Å². The molecule has 1 aliphatic heterocycles. The van der Waals surface area contributed by atoms with Gasteiger partial charge in [0.15, 0.2) is 0 Å². The van der Waals surface area contributed by atoms with Gasteiger partial charge in [-0.15, -0.1) is 0 Å². The molecule has 1 fully saturated rings. The van der Waals surface area contributed by atoms with Crippen molar-refractivity contribution >= 4 is 10.2 Å². The van der Waals surface area contributed by atoms with Crippen LogP contribution in [0.2, 0.25) is 0 Å². The summed E-state index contributed by atoms with van der Waals surface area (Å²) in [6.07, 6.45) is 1.81. The van der Waals surface area contributed by atoms with E-state index in [1.54, 1.807) is 0 Å². The summed E-state index contributed by atoms with van der Waals surface area (Å²) in [6.45, 7) is 4.04. The average Bonchev–Trinajstić information content (AvgIpc) is 1.93. The molecule has 1 rings (SSSR count). The highest BCUT2D eigenvalue weighted by Gasteiger charge is 2.26. The number of rotatable bonds is 2. The zero-order valence-electron chi connectivity index (χ0n) is 7.95. The molecule has 1 heterocycles. The molecule has 3 atom stereocenters. The molecule has 0 spiro atoms. The van der Waals surface area contributed by atoms with Crippen molar-refractivity contribution in [3.8, 4) is 0 Å². The van der Waals surface area contributed by atoms with Crippen molar-refractivity contribution in [3.63, 3.8) is 0 Å². The SMILES string of the molecule is CC1CCC(NS(N)(=O)=O)C(C)N1. The van der Waals surface area contributed by atoms with E-state index in [9.17, 15) is 8.42 Å². The molecule has 78 valence electrons. The van der Waals surface area contributed by atoms with Crippen LogP contribution >= 0.6 is 0 Å². The molecule has 0 aromatic heterocycles. The zero-order valence-corrected chi connectivity index (χ0v) is 8.76. The number of nitrogens with two attached hydrogens (primary N) is 1. The van der Waals surface area contributed by atoms with Crippen LogP contribution in [0.3, 0.4) is 0 Å². The van der Waals surface area contributed by atoms with Crippen LogP contribution in [0.5, 0.6) is 0 Å². The van der Waals surface area contributed by atoms with Gasteiger partial charge in [0, 0.05) is 18.1 Å². The van der Waals surface area contributed by atoms with E-state index in [1.807, 2.05) is 6.92 Å². The van der Waals surface area contributed by atoms with E-state index in [0.29, 0.717) is 6.04 Å². The van der Waals surface area contributed by atoms with Gasteiger partial charge in [-0.25, -0.2) is 5.14 Å². The molecule has 0 aromatic rings. The third-order valence-corrected chi connectivity index (χ3v) is 3.01. The number of nitrogens with one attached hydrogen (secondary N) is 2. The Morgan fingerprint density at radius 2 is 2.00 bits per heavy atom. The first-order valence-electron chi connectivity index (χ1n) is 4.44. The standard InChI is InChI=1S/C7H17N3O2S/c1-5-3-4-7(6(2)9-5)10-13(8,11)12/h5-7,9-10H,3-4H2,1-2H3,(H2,8,11,12). The minimum atomic E-state index is -3.56. The monoisotopic (exact) mass is 207 g/mol. The summed E-state index contributed by atoms with van der Waals surface area (Å²) in [6, 6.07) is 0.516. The Morgan fingerprint density at radius 1 is 1.38 bits per heavy atom. The molecule has 0 amide bonds. The topological polar surface area (TPSA) is 84.2 Å². The molecular formula is C7H17N3O2S. The number of hydrogen-bond donors (Lipinski definition) is 3. The molecule has 0 radical (unpaired) electrons. The fraction of sp³-hybridized carbons (Fsp3) is 1.00. The quantitative estimate of drug-likeness (QED) is 0.560. The Hall–Kier alpha value is -0.170. The van der Waals surface area contributed by atoms with E-state index < -0.39 is 10.2 Å². The maximum absolute atomic E-state index is 10.8. The second kappa shape index (κ2) is 3.91. The molecular weight excluding hydrogens is 190 g/mol. The third kappa shape index (κ3) is 3.60. The highest BCUT2D eigenvalue weighted by atomic mass is 32.2. The van der Waals surface area contributed by atoms with Crippen LogP contribution in [0, 0.1) is 0 Å². The summed E-state index contributed by atoms with van der Waals surface area (Å²) in [4.78, 5) is 0. The van der Waals surface area contributed by atoms with E-state index in [2.05, 4.69) is 17.0 Å². The molecule has 3 unspecified atom stereocenters. The number of hydrogen-bond acceptors (Lipinski definition) is 3. The first-order chi connectivity index (χ1) is 5.88. The summed E-state index contributed by atoms with van der Waals surface area (Å²) >= 11 is 0. The second-order valence-electron chi connectivity index (χ2n) is 3.70. The summed E-state index contributed by atoms with van der Waals surface area (Å²) in [5.41, 5.74) is 0. The maximum Gasteiger partial charge on any atom is 0.274 e. The van der Waals surface area contributed by atoms with E-state index in [-0.39, 0.29) is 12.1 Å². The van der Waals surface area contributed by atoms with Gasteiger partial charge < -0.3 is 5.32 Å². The van der Waals surface area contributed by atoms with Gasteiger partial charge >= 0.3 is 0 Å². The molecule has 1 saturated heterocycles. The van der Waals surface area contributed by atoms with Gasteiger partial charge in [0.05, 0.1) is 0 Å². The molecule has 6 heteroatoms. The molecule has 0 aliphatic carbocycles. The Kier molecular flexibility index (Phi) is 3.28. The Bertz CT molecular complexity index is 265. The summed E-state index contributed by atoms with van der Waals surface area (Å²) in [5, 5.41) is 8.17. The predicted molar refractivity (Wildman–Crippen MR) is 51.3 cm³/mol. The fourth-order valence-corrected chi connectivity index (χ4v) is 2.44. The third-order valence-electron chi connectivity index (χ3n) is 2.38. The summed E-state index contributed by atoms with van der Waals surface area (Å²) in [5.74, 6) is 0. The minimum absolute atomic E-state index is 0.0776. The molecule has 0 saturated carbocycles. The van der Waals surface area contributed by atoms with Gasteiger partial charge in [0.2, 0.25) is 0 Å². The lowest BCUT2D eigenvalue weighted by atomic mass is 9.96. The molecule has 0 aromatic carbocycles. The second-order valence-corrected chi connectivity index (χ2v) is 5.03. The van der Waals surface area contributed by atoms with Crippen molar-refractivity contribution in [1.29, 1.82) is 0 Å². The van der Waals surface area contributed by atoms with Crippen LogP contribution in [0.4, 0.5) is 0 Å². The van der Waals surface area contributed by atoms with Gasteiger partial charge in [-0.3, -0.25) is 0 Å². The molecule has 13 heavy (non-hydrogen) atoms. The van der Waals surface area contributed by atoms with Crippen molar-refractivity contribution in [2.24, 2.45) is 5.14 Å². The van der Waals surface area contributed by atoms with Crippen LogP contribution in [0.25, 0.3) is 0 Å². The van der Waals surface area contributed by atoms with E-state index in [0.717, 1.165) is 12.8 Å². The van der Waals surface area contributed by atoms with Crippen LogP contribution in [0.15, 0.2) is 0 Å². The maximum atomic E-state index is 10.8.